The summed E-state index contributed by atoms with van der Waals surface area (Å²) in [5, 5.41) is 27.2. The van der Waals surface area contributed by atoms with Crippen LogP contribution in [0.3, 0.4) is 0 Å². The van der Waals surface area contributed by atoms with Crippen LogP contribution < -0.4 is 15.7 Å². The molecule has 9 nitrogen and oxygen atoms in total. The molecule has 2 aromatic carbocycles. The summed E-state index contributed by atoms with van der Waals surface area (Å²) in [5.74, 6) is -3.01. The van der Waals surface area contributed by atoms with Crippen molar-refractivity contribution < 1.29 is 24.4 Å². The first-order chi connectivity index (χ1) is 11.8. The fourth-order valence-corrected chi connectivity index (χ4v) is 2.17. The number of amides is 2. The number of carbonyl (C=O) groups is 3. The lowest BCUT2D eigenvalue weighted by atomic mass is 10.0. The van der Waals surface area contributed by atoms with Crippen LogP contribution in [0.2, 0.25) is 0 Å². The monoisotopic (exact) mass is 342 g/mol. The van der Waals surface area contributed by atoms with Crippen LogP contribution in [0.4, 0.5) is 17.1 Å². The molecule has 0 saturated heterocycles. The lowest BCUT2D eigenvalue weighted by Gasteiger charge is -2.12. The van der Waals surface area contributed by atoms with Gasteiger partial charge in [0.05, 0.1) is 10.9 Å². The minimum Gasteiger partial charge on any atom is -0.545 e. The van der Waals surface area contributed by atoms with Crippen LogP contribution in [0, 0.1) is 10.1 Å². The molecule has 128 valence electrons. The Morgan fingerprint density at radius 3 is 2.16 bits per heavy atom. The van der Waals surface area contributed by atoms with E-state index in [2.05, 4.69) is 10.6 Å². The van der Waals surface area contributed by atoms with E-state index in [1.165, 1.54) is 19.1 Å². The molecule has 0 heterocycles. The van der Waals surface area contributed by atoms with Crippen LogP contribution in [0.25, 0.3) is 0 Å². The lowest BCUT2D eigenvalue weighted by molar-refractivity contribution is -0.385. The average molecular weight is 342 g/mol. The van der Waals surface area contributed by atoms with Gasteiger partial charge < -0.3 is 20.5 Å². The van der Waals surface area contributed by atoms with Gasteiger partial charge >= 0.3 is 0 Å². The van der Waals surface area contributed by atoms with Gasteiger partial charge in [-0.05, 0) is 18.2 Å². The third kappa shape index (κ3) is 4.16. The van der Waals surface area contributed by atoms with Gasteiger partial charge in [-0.2, -0.15) is 0 Å². The van der Waals surface area contributed by atoms with Crippen LogP contribution in [0.5, 0.6) is 0 Å². The predicted molar refractivity (Wildman–Crippen MR) is 86.1 cm³/mol. The Morgan fingerprint density at radius 1 is 1.00 bits per heavy atom. The van der Waals surface area contributed by atoms with E-state index in [9.17, 15) is 29.6 Å². The number of aromatic carboxylic acids is 1. The Labute approximate surface area is 141 Å². The van der Waals surface area contributed by atoms with Gasteiger partial charge in [-0.1, -0.05) is 18.2 Å². The first-order valence-electron chi connectivity index (χ1n) is 6.97. The summed E-state index contributed by atoms with van der Waals surface area (Å²) < 4.78 is 0. The van der Waals surface area contributed by atoms with Crippen LogP contribution in [-0.4, -0.2) is 22.7 Å². The number of carbonyl (C=O) groups excluding carboxylic acids is 3. The molecule has 0 aliphatic heterocycles. The van der Waals surface area contributed by atoms with Gasteiger partial charge in [0.15, 0.2) is 0 Å². The van der Waals surface area contributed by atoms with Crippen molar-refractivity contribution in [2.45, 2.75) is 6.92 Å². The molecule has 2 amide bonds. The first kappa shape index (κ1) is 17.6. The number of anilines is 2. The van der Waals surface area contributed by atoms with E-state index in [4.69, 9.17) is 0 Å². The Kier molecular flexibility index (Phi) is 5.08. The highest BCUT2D eigenvalue weighted by atomic mass is 16.6. The Bertz CT molecular complexity index is 846. The van der Waals surface area contributed by atoms with Crippen molar-refractivity contribution in [1.82, 2.24) is 0 Å². The zero-order valence-electron chi connectivity index (χ0n) is 12.9. The normalized spacial score (nSPS) is 9.96. The summed E-state index contributed by atoms with van der Waals surface area (Å²) in [4.78, 5) is 44.9. The molecule has 0 spiro atoms. The van der Waals surface area contributed by atoms with E-state index in [1.54, 1.807) is 12.1 Å². The standard InChI is InChI=1S/C16H13N3O6/c1-9(20)17-10-4-2-5-11(8-10)18-15(21)14-12(16(22)23)6-3-7-13(14)19(24)25/h2-8H,1H3,(H,17,20)(H,18,21)(H,22,23)/p-1. The summed E-state index contributed by atoms with van der Waals surface area (Å²) in [5.41, 5.74) is -1.24. The number of hydrogen-bond acceptors (Lipinski definition) is 6. The van der Waals surface area contributed by atoms with Gasteiger partial charge in [0.25, 0.3) is 11.6 Å². The molecule has 0 aromatic heterocycles. The SMILES string of the molecule is CC(=O)Nc1cccc(NC(=O)c2c(C(=O)[O-])cccc2[N+](=O)[O-])c1. The minimum absolute atomic E-state index is 0.221. The van der Waals surface area contributed by atoms with Crippen molar-refractivity contribution >= 4 is 34.8 Å². The van der Waals surface area contributed by atoms with Crippen LogP contribution in [0.1, 0.15) is 27.6 Å². The highest BCUT2D eigenvalue weighted by Gasteiger charge is 2.24. The highest BCUT2D eigenvalue weighted by molar-refractivity contribution is 6.13. The number of carboxylic acids is 1. The highest BCUT2D eigenvalue weighted by Crippen LogP contribution is 2.24. The maximum absolute atomic E-state index is 12.4. The number of hydrogen-bond donors (Lipinski definition) is 2. The average Bonchev–Trinajstić information content (AvgIpc) is 2.53. The van der Waals surface area contributed by atoms with E-state index >= 15 is 0 Å². The van der Waals surface area contributed by atoms with E-state index in [1.807, 2.05) is 0 Å². The van der Waals surface area contributed by atoms with Gasteiger partial charge in [-0.15, -0.1) is 0 Å². The lowest BCUT2D eigenvalue weighted by Crippen LogP contribution is -2.27. The van der Waals surface area contributed by atoms with Gasteiger partial charge in [0, 0.05) is 29.9 Å². The summed E-state index contributed by atoms with van der Waals surface area (Å²) >= 11 is 0. The Hall–Kier alpha value is -3.75. The van der Waals surface area contributed by atoms with Crippen molar-refractivity contribution in [1.29, 1.82) is 0 Å². The molecule has 0 radical (unpaired) electrons. The zero-order valence-corrected chi connectivity index (χ0v) is 12.9. The van der Waals surface area contributed by atoms with E-state index < -0.39 is 33.6 Å². The number of nitro benzene ring substituents is 1. The Balaban J connectivity index is 2.40. The van der Waals surface area contributed by atoms with Gasteiger partial charge in [-0.25, -0.2) is 0 Å². The maximum Gasteiger partial charge on any atom is 0.282 e. The summed E-state index contributed by atoms with van der Waals surface area (Å²) in [6.07, 6.45) is 0. The van der Waals surface area contributed by atoms with Gasteiger partial charge in [0.1, 0.15) is 5.56 Å². The number of nitrogens with one attached hydrogen (secondary N) is 2. The molecule has 25 heavy (non-hydrogen) atoms. The summed E-state index contributed by atoms with van der Waals surface area (Å²) in [6.45, 7) is 1.31. The zero-order chi connectivity index (χ0) is 18.6. The maximum atomic E-state index is 12.4. The second-order valence-electron chi connectivity index (χ2n) is 4.96. The number of nitrogens with zero attached hydrogens (tertiary/aromatic N) is 1. The first-order valence-corrected chi connectivity index (χ1v) is 6.97. The van der Waals surface area contributed by atoms with Crippen molar-refractivity contribution in [3.8, 4) is 0 Å². The molecule has 0 bridgehead atoms. The fraction of sp³-hybridized carbons (Fsp3) is 0.0625. The minimum atomic E-state index is -1.71. The Morgan fingerprint density at radius 2 is 1.60 bits per heavy atom. The molecule has 0 saturated carbocycles. The number of rotatable bonds is 5. The van der Waals surface area contributed by atoms with Crippen LogP contribution in [0.15, 0.2) is 42.5 Å². The molecule has 0 aliphatic carbocycles. The van der Waals surface area contributed by atoms with Gasteiger partial charge in [0.2, 0.25) is 5.91 Å². The molecular weight excluding hydrogens is 330 g/mol. The molecule has 0 unspecified atom stereocenters. The number of nitro groups is 1. The molecule has 2 aromatic rings. The van der Waals surface area contributed by atoms with E-state index in [-0.39, 0.29) is 11.6 Å². The summed E-state index contributed by atoms with van der Waals surface area (Å²) in [7, 11) is 0. The molecule has 9 heteroatoms. The third-order valence-electron chi connectivity index (χ3n) is 3.13. The summed E-state index contributed by atoms with van der Waals surface area (Å²) in [6, 6.07) is 9.25. The molecule has 2 N–H and O–H groups in total. The number of carboxylic acid groups (broad SMARTS) is 1. The third-order valence-corrected chi connectivity index (χ3v) is 3.13. The van der Waals surface area contributed by atoms with Crippen LogP contribution in [-0.2, 0) is 4.79 Å². The van der Waals surface area contributed by atoms with Gasteiger partial charge in [-0.3, -0.25) is 19.7 Å². The molecule has 0 aliphatic rings. The molecule has 0 fully saturated rings. The molecular formula is C16H12N3O6-. The van der Waals surface area contributed by atoms with Crippen LogP contribution >= 0.6 is 0 Å². The topological polar surface area (TPSA) is 141 Å². The van der Waals surface area contributed by atoms with E-state index in [0.29, 0.717) is 5.69 Å². The fourth-order valence-electron chi connectivity index (χ4n) is 2.17. The second-order valence-corrected chi connectivity index (χ2v) is 4.96. The number of benzene rings is 2. The molecule has 0 atom stereocenters. The largest absolute Gasteiger partial charge is 0.545 e. The van der Waals surface area contributed by atoms with Crippen molar-refractivity contribution in [2.24, 2.45) is 0 Å². The smallest absolute Gasteiger partial charge is 0.282 e. The van der Waals surface area contributed by atoms with Crippen molar-refractivity contribution in [2.75, 3.05) is 10.6 Å². The second kappa shape index (κ2) is 7.21. The van der Waals surface area contributed by atoms with Crippen molar-refractivity contribution in [3.05, 3.63) is 63.7 Å². The van der Waals surface area contributed by atoms with Crippen molar-refractivity contribution in [3.63, 3.8) is 0 Å². The quantitative estimate of drug-likeness (QED) is 0.617. The van der Waals surface area contributed by atoms with E-state index in [0.717, 1.165) is 18.2 Å². The predicted octanol–water partition coefficient (Wildman–Crippen LogP) is 1.17. The molecule has 2 rings (SSSR count).